The molecule has 0 spiro atoms. The van der Waals surface area contributed by atoms with Crippen LogP contribution in [0.1, 0.15) is 84.8 Å². The van der Waals surface area contributed by atoms with Gasteiger partial charge in [-0.3, -0.25) is 0 Å². The fourth-order valence-electron chi connectivity index (χ4n) is 5.10. The van der Waals surface area contributed by atoms with Gasteiger partial charge in [0.2, 0.25) is 0 Å². The average molecular weight is 543 g/mol. The van der Waals surface area contributed by atoms with Crippen LogP contribution in [0.15, 0.2) is 53.3 Å². The molecule has 3 aliphatic rings. The van der Waals surface area contributed by atoms with Gasteiger partial charge < -0.3 is 12.4 Å². The Balaban J connectivity index is 0.00000342. The second-order valence-electron chi connectivity index (χ2n) is 11.9. The summed E-state index contributed by atoms with van der Waals surface area (Å²) in [5, 5.41) is 22.2. The van der Waals surface area contributed by atoms with Gasteiger partial charge in [-0.1, -0.05) is 0 Å². The molecule has 6 heteroatoms. The molecular formula is C29H40ClCoN2O2+. The minimum absolute atomic E-state index is 0. The Labute approximate surface area is 223 Å². The van der Waals surface area contributed by atoms with Crippen LogP contribution in [0.3, 0.4) is 0 Å². The topological polar surface area (TPSA) is 46.5 Å². The molecule has 4 rings (SSSR count). The zero-order chi connectivity index (χ0) is 24.8. The van der Waals surface area contributed by atoms with E-state index in [4.69, 9.17) is 0 Å². The van der Waals surface area contributed by atoms with Crippen molar-refractivity contribution in [2.24, 2.45) is 5.41 Å². The minimum atomic E-state index is -0.141. The number of aliphatic hydroxyl groups excluding tert-OH is 1. The number of nitrogens with zero attached hydrogens (tertiary/aromatic N) is 2. The molecule has 1 aromatic rings. The van der Waals surface area contributed by atoms with E-state index in [0.29, 0.717) is 30.0 Å². The first-order valence-electron chi connectivity index (χ1n) is 12.4. The quantitative estimate of drug-likeness (QED) is 0.603. The minimum Gasteiger partial charge on any atom is -1.00 e. The van der Waals surface area contributed by atoms with Crippen molar-refractivity contribution in [3.8, 4) is 5.75 Å². The number of para-hydroxylation sites is 1. The molecule has 0 amide bonds. The summed E-state index contributed by atoms with van der Waals surface area (Å²) in [6, 6.07) is 6.86. The summed E-state index contributed by atoms with van der Waals surface area (Å²) >= 11 is 1.11. The molecule has 0 radical (unpaired) electrons. The number of allylic oxidation sites excluding steroid dienone is 4. The first kappa shape index (κ1) is 27.8. The molecule has 0 bridgehead atoms. The molecule has 4 nitrogen and oxygen atoms in total. The van der Waals surface area contributed by atoms with Gasteiger partial charge in [-0.25, -0.2) is 0 Å². The summed E-state index contributed by atoms with van der Waals surface area (Å²) in [6.45, 7) is 17.0. The van der Waals surface area contributed by atoms with E-state index in [1.807, 2.05) is 24.3 Å². The number of halogens is 1. The van der Waals surface area contributed by atoms with Gasteiger partial charge in [-0.15, -0.1) is 0 Å². The summed E-state index contributed by atoms with van der Waals surface area (Å²) in [5.41, 5.74) is 4.53. The standard InChI is InChI=1S/C29H40N2O2.ClH.Co/c1-19-15-21(27(33)23(16-19)29(5,6)7)18-31-25-14-9-8-13-24(25)30-17-20-11-10-12-22(26(20)32)28(2,3)4;;/h10-12,16-18,24-25,32-33H,1,8-9,13-15H2,2-7H3;1H;/q;;+2/p-1/t24-,25-;;/m1../s1. The van der Waals surface area contributed by atoms with Gasteiger partial charge in [0.05, 0.1) is 0 Å². The summed E-state index contributed by atoms with van der Waals surface area (Å²) in [5.74, 6) is 0.781. The Bertz CT molecular complexity index is 1130. The third-order valence-electron chi connectivity index (χ3n) is 6.99. The fraction of sp³-hybridized carbons (Fsp3) is 0.517. The molecule has 35 heavy (non-hydrogen) atoms. The molecule has 2 atom stereocenters. The Morgan fingerprint density at radius 2 is 1.54 bits per heavy atom. The van der Waals surface area contributed by atoms with Crippen molar-refractivity contribution in [1.29, 1.82) is 0 Å². The SMILES string of the molecule is C=C1C=C(C(C)(C)C)C(O)=C(C=[N+]2[Co][N+](=Cc3cccc(C(C)(C)C)c3O)[C@@H]3CCCC[C@H]32)C1.[Cl-]. The molecule has 193 valence electrons. The van der Waals surface area contributed by atoms with Crippen LogP contribution in [0.2, 0.25) is 0 Å². The third-order valence-corrected chi connectivity index (χ3v) is 8.43. The predicted octanol–water partition coefficient (Wildman–Crippen LogP) is 3.19. The summed E-state index contributed by atoms with van der Waals surface area (Å²) in [6.07, 6.45) is 11.8. The largest absolute Gasteiger partial charge is 1.00 e. The van der Waals surface area contributed by atoms with Crippen LogP contribution in [-0.4, -0.2) is 42.0 Å². The summed E-state index contributed by atoms with van der Waals surface area (Å²) in [7, 11) is 0. The Kier molecular flexibility index (Phi) is 8.15. The number of aromatic hydroxyl groups is 1. The van der Waals surface area contributed by atoms with Crippen molar-refractivity contribution in [2.75, 3.05) is 0 Å². The first-order valence-corrected chi connectivity index (χ1v) is 13.3. The molecule has 1 saturated heterocycles. The van der Waals surface area contributed by atoms with Crippen LogP contribution in [-0.2, 0) is 20.5 Å². The van der Waals surface area contributed by atoms with E-state index in [-0.39, 0.29) is 23.2 Å². The van der Waals surface area contributed by atoms with Gasteiger partial charge in [0.25, 0.3) is 0 Å². The molecular weight excluding hydrogens is 503 g/mol. The van der Waals surface area contributed by atoms with Crippen LogP contribution < -0.4 is 12.4 Å². The third kappa shape index (κ3) is 5.78. The van der Waals surface area contributed by atoms with Crippen LogP contribution >= 0.6 is 0 Å². The fourth-order valence-corrected chi connectivity index (χ4v) is 6.74. The van der Waals surface area contributed by atoms with Crippen LogP contribution in [0.4, 0.5) is 0 Å². The summed E-state index contributed by atoms with van der Waals surface area (Å²) in [4.78, 5) is 0. The first-order chi connectivity index (χ1) is 15.9. The zero-order valence-electron chi connectivity index (χ0n) is 21.9. The summed E-state index contributed by atoms with van der Waals surface area (Å²) < 4.78 is 4.75. The number of hydrogen-bond acceptors (Lipinski definition) is 2. The Hall–Kier alpha value is -1.82. The van der Waals surface area contributed by atoms with Crippen molar-refractivity contribution < 1.29 is 45.0 Å². The van der Waals surface area contributed by atoms with Gasteiger partial charge in [0.1, 0.15) is 0 Å². The number of benzene rings is 1. The Morgan fingerprint density at radius 1 is 0.943 bits per heavy atom. The second kappa shape index (κ2) is 10.3. The second-order valence-corrected chi connectivity index (χ2v) is 13.2. The number of hydrogen-bond donors (Lipinski definition) is 2. The van der Waals surface area contributed by atoms with Gasteiger partial charge in [-0.05, 0) is 0 Å². The van der Waals surface area contributed by atoms with Crippen LogP contribution in [0.5, 0.6) is 5.75 Å². The molecule has 0 aromatic heterocycles. The number of fused-ring (bicyclic) bond motifs is 1. The van der Waals surface area contributed by atoms with Crippen molar-refractivity contribution >= 4 is 12.4 Å². The molecule has 2 aliphatic carbocycles. The van der Waals surface area contributed by atoms with E-state index in [2.05, 4.69) is 67.8 Å². The Morgan fingerprint density at radius 3 is 2.11 bits per heavy atom. The van der Waals surface area contributed by atoms with E-state index >= 15 is 0 Å². The van der Waals surface area contributed by atoms with Crippen LogP contribution in [0.25, 0.3) is 0 Å². The molecule has 1 heterocycles. The smallest absolute Gasteiger partial charge is 1.00 e. The van der Waals surface area contributed by atoms with Crippen molar-refractivity contribution in [1.82, 2.24) is 0 Å². The molecule has 1 saturated carbocycles. The van der Waals surface area contributed by atoms with E-state index in [0.717, 1.165) is 55.8 Å². The maximum absolute atomic E-state index is 11.1. The molecule has 1 aliphatic heterocycles. The van der Waals surface area contributed by atoms with E-state index in [9.17, 15) is 10.2 Å². The van der Waals surface area contributed by atoms with E-state index in [1.54, 1.807) is 0 Å². The maximum Gasteiger partial charge on any atom is -1.00 e. The van der Waals surface area contributed by atoms with Gasteiger partial charge in [0.15, 0.2) is 0 Å². The normalized spacial score (nSPS) is 25.8. The molecule has 0 unspecified atom stereocenters. The van der Waals surface area contributed by atoms with Crippen LogP contribution in [0, 0.1) is 5.41 Å². The van der Waals surface area contributed by atoms with Crippen molar-refractivity contribution in [3.63, 3.8) is 0 Å². The monoisotopic (exact) mass is 542 g/mol. The number of phenolic OH excluding ortho intramolecular Hbond substituents is 1. The van der Waals surface area contributed by atoms with Gasteiger partial charge in [0, 0.05) is 0 Å². The van der Waals surface area contributed by atoms with Gasteiger partial charge in [-0.2, -0.15) is 0 Å². The number of phenols is 1. The van der Waals surface area contributed by atoms with E-state index < -0.39 is 0 Å². The molecule has 2 N–H and O–H groups in total. The maximum atomic E-state index is 11.1. The molecule has 1 aromatic carbocycles. The van der Waals surface area contributed by atoms with Crippen molar-refractivity contribution in [3.05, 3.63) is 64.5 Å². The number of rotatable bonds is 2. The number of aliphatic hydroxyl groups is 1. The molecule has 2 fully saturated rings. The predicted molar refractivity (Wildman–Crippen MR) is 136 cm³/mol. The zero-order valence-corrected chi connectivity index (χ0v) is 23.7. The van der Waals surface area contributed by atoms with Crippen molar-refractivity contribution in [2.45, 2.75) is 91.1 Å². The van der Waals surface area contributed by atoms with Gasteiger partial charge >= 0.3 is 212 Å². The van der Waals surface area contributed by atoms with E-state index in [1.165, 1.54) is 12.8 Å². The average Bonchev–Trinajstić information content (AvgIpc) is 3.08.